The number of phenolic OH excluding ortho intramolecular Hbond substituents is 1. The van der Waals surface area contributed by atoms with Gasteiger partial charge >= 0.3 is 0 Å². The molecule has 7 nitrogen and oxygen atoms in total. The number of carbonyl (C=O) groups excluding carboxylic acids is 1. The number of nitrogens with one attached hydrogen (secondary N) is 2. The second-order valence-electron chi connectivity index (χ2n) is 9.63. The van der Waals surface area contributed by atoms with Gasteiger partial charge in [-0.25, -0.2) is 10.9 Å². The topological polar surface area (TPSA) is 83.1 Å². The summed E-state index contributed by atoms with van der Waals surface area (Å²) in [4.78, 5) is 15.6. The third-order valence-corrected chi connectivity index (χ3v) is 7.32. The molecule has 0 spiro atoms. The summed E-state index contributed by atoms with van der Waals surface area (Å²) in [7, 11) is 1.67. The number of carbonyl (C=O) groups is 1. The van der Waals surface area contributed by atoms with Crippen LogP contribution in [0.2, 0.25) is 0 Å². The number of methoxy groups -OCH3 is 1. The summed E-state index contributed by atoms with van der Waals surface area (Å²) >= 11 is 0. The third-order valence-electron chi connectivity index (χ3n) is 7.32. The number of nitrogens with zero attached hydrogens (tertiary/aromatic N) is 1. The maximum atomic E-state index is 13.6. The fourth-order valence-corrected chi connectivity index (χ4v) is 5.45. The predicted octanol–water partition coefficient (Wildman–Crippen LogP) is 4.56. The van der Waals surface area contributed by atoms with E-state index in [2.05, 4.69) is 16.9 Å². The Morgan fingerprint density at radius 1 is 0.917 bits per heavy atom. The zero-order valence-corrected chi connectivity index (χ0v) is 20.9. The van der Waals surface area contributed by atoms with Gasteiger partial charge in [0.05, 0.1) is 12.1 Å². The van der Waals surface area contributed by atoms with Gasteiger partial charge in [0, 0.05) is 31.7 Å². The highest BCUT2D eigenvalue weighted by Crippen LogP contribution is 2.49. The van der Waals surface area contributed by atoms with Crippen molar-refractivity contribution < 1.29 is 19.4 Å². The average molecular weight is 488 g/mol. The zero-order valence-electron chi connectivity index (χ0n) is 20.9. The molecule has 3 aromatic carbocycles. The van der Waals surface area contributed by atoms with Crippen LogP contribution in [0.1, 0.15) is 40.8 Å². The van der Waals surface area contributed by atoms with E-state index in [9.17, 15) is 9.90 Å². The number of fused-ring (bicyclic) bond motifs is 1. The molecule has 3 aromatic rings. The third kappa shape index (κ3) is 4.57. The van der Waals surface area contributed by atoms with E-state index in [1.807, 2.05) is 73.3 Å². The molecule has 0 saturated carbocycles. The van der Waals surface area contributed by atoms with E-state index >= 15 is 0 Å². The van der Waals surface area contributed by atoms with Gasteiger partial charge in [-0.3, -0.25) is 4.79 Å². The Labute approximate surface area is 212 Å². The highest BCUT2D eigenvalue weighted by atomic mass is 16.5. The number of phenols is 1. The molecule has 2 aliphatic rings. The Balaban J connectivity index is 1.53. The quantitative estimate of drug-likeness (QED) is 0.404. The minimum atomic E-state index is -0.401. The van der Waals surface area contributed by atoms with Crippen LogP contribution in [0.25, 0.3) is 0 Å². The molecule has 4 atom stereocenters. The van der Waals surface area contributed by atoms with E-state index in [-0.39, 0.29) is 29.7 Å². The van der Waals surface area contributed by atoms with Gasteiger partial charge in [-0.05, 0) is 67.3 Å². The van der Waals surface area contributed by atoms with Gasteiger partial charge < -0.3 is 19.5 Å². The fraction of sp³-hybridized carbons (Fsp3) is 0.345. The molecule has 0 aromatic heterocycles. The second kappa shape index (κ2) is 10.3. The monoisotopic (exact) mass is 487 g/mol. The molecule has 0 bridgehead atoms. The Bertz CT molecular complexity index is 1230. The van der Waals surface area contributed by atoms with Gasteiger partial charge in [0.2, 0.25) is 5.91 Å². The SMILES string of the molecule is COCCCN1C(=O)C2NNC(c3cc(C)c(C)cc3O)C2C1c1cccc(Oc2ccccc2)c1. The van der Waals surface area contributed by atoms with E-state index in [1.54, 1.807) is 13.2 Å². The molecule has 2 saturated heterocycles. The first kappa shape index (κ1) is 24.3. The van der Waals surface area contributed by atoms with Crippen molar-refractivity contribution in [3.8, 4) is 17.2 Å². The summed E-state index contributed by atoms with van der Waals surface area (Å²) in [5.41, 5.74) is 10.5. The molecule has 7 heteroatoms. The van der Waals surface area contributed by atoms with Crippen LogP contribution in [0.3, 0.4) is 0 Å². The van der Waals surface area contributed by atoms with Crippen molar-refractivity contribution in [2.75, 3.05) is 20.3 Å². The first-order valence-corrected chi connectivity index (χ1v) is 12.4. The van der Waals surface area contributed by atoms with E-state index in [1.165, 1.54) is 0 Å². The van der Waals surface area contributed by atoms with Crippen LogP contribution in [0.15, 0.2) is 66.7 Å². The highest BCUT2D eigenvalue weighted by molar-refractivity contribution is 5.86. The van der Waals surface area contributed by atoms with Crippen molar-refractivity contribution in [2.24, 2.45) is 5.92 Å². The number of hydrogen-bond acceptors (Lipinski definition) is 6. The van der Waals surface area contributed by atoms with Crippen LogP contribution in [-0.2, 0) is 9.53 Å². The van der Waals surface area contributed by atoms with Gasteiger partial charge in [-0.2, -0.15) is 0 Å². The number of amides is 1. The van der Waals surface area contributed by atoms with Crippen LogP contribution in [0, 0.1) is 19.8 Å². The molecule has 1 amide bonds. The molecule has 188 valence electrons. The van der Waals surface area contributed by atoms with Gasteiger partial charge in [0.15, 0.2) is 0 Å². The van der Waals surface area contributed by atoms with Crippen LogP contribution < -0.4 is 15.6 Å². The number of ether oxygens (including phenoxy) is 2. The van der Waals surface area contributed by atoms with Gasteiger partial charge in [-0.1, -0.05) is 36.4 Å². The smallest absolute Gasteiger partial charge is 0.242 e. The van der Waals surface area contributed by atoms with E-state index < -0.39 is 6.04 Å². The molecule has 2 aliphatic heterocycles. The minimum Gasteiger partial charge on any atom is -0.508 e. The zero-order chi connectivity index (χ0) is 25.2. The van der Waals surface area contributed by atoms with Crippen molar-refractivity contribution in [2.45, 2.75) is 38.4 Å². The molecule has 4 unspecified atom stereocenters. The number of likely N-dealkylation sites (tertiary alicyclic amines) is 1. The minimum absolute atomic E-state index is 0.0498. The number of hydrogen-bond donors (Lipinski definition) is 3. The number of hydrazine groups is 1. The van der Waals surface area contributed by atoms with Crippen LogP contribution in [0.5, 0.6) is 17.2 Å². The Hall–Kier alpha value is -3.39. The van der Waals surface area contributed by atoms with Gasteiger partial charge in [-0.15, -0.1) is 0 Å². The number of rotatable bonds is 8. The summed E-state index contributed by atoms with van der Waals surface area (Å²) in [5, 5.41) is 10.9. The van der Waals surface area contributed by atoms with E-state index in [4.69, 9.17) is 9.47 Å². The lowest BCUT2D eigenvalue weighted by Gasteiger charge is -2.32. The largest absolute Gasteiger partial charge is 0.508 e. The highest BCUT2D eigenvalue weighted by Gasteiger charge is 2.55. The molecule has 2 fully saturated rings. The second-order valence-corrected chi connectivity index (χ2v) is 9.63. The van der Waals surface area contributed by atoms with Crippen molar-refractivity contribution >= 4 is 5.91 Å². The lowest BCUT2D eigenvalue weighted by Crippen LogP contribution is -2.41. The van der Waals surface area contributed by atoms with E-state index in [0.29, 0.717) is 13.2 Å². The first-order chi connectivity index (χ1) is 17.5. The summed E-state index contributed by atoms with van der Waals surface area (Å²) in [6.07, 6.45) is 0.741. The first-order valence-electron chi connectivity index (χ1n) is 12.4. The fourth-order valence-electron chi connectivity index (χ4n) is 5.45. The van der Waals surface area contributed by atoms with Gasteiger partial charge in [0.1, 0.15) is 23.3 Å². The Kier molecular flexibility index (Phi) is 6.96. The standard InChI is InChI=1S/C29H33N3O4/c1-18-15-23(24(33)16-19(18)2)26-25-27(31-30-26)29(34)32(13-8-14-35-3)28(25)20-9-7-12-22(17-20)36-21-10-5-4-6-11-21/h4-7,9-12,15-17,25-28,30-31,33H,8,13-14H2,1-3H3. The molecule has 3 N–H and O–H groups in total. The number of para-hydroxylation sites is 1. The lowest BCUT2D eigenvalue weighted by atomic mass is 9.82. The maximum Gasteiger partial charge on any atom is 0.242 e. The molecule has 2 heterocycles. The summed E-state index contributed by atoms with van der Waals surface area (Å²) in [6, 6.07) is 20.6. The van der Waals surface area contributed by atoms with Crippen molar-refractivity contribution in [1.29, 1.82) is 0 Å². The normalized spacial score (nSPS) is 23.2. The predicted molar refractivity (Wildman–Crippen MR) is 138 cm³/mol. The molecule has 36 heavy (non-hydrogen) atoms. The molecule has 0 aliphatic carbocycles. The maximum absolute atomic E-state index is 13.6. The number of aryl methyl sites for hydroxylation is 2. The molecule has 0 radical (unpaired) electrons. The molecular weight excluding hydrogens is 454 g/mol. The van der Waals surface area contributed by atoms with Gasteiger partial charge in [0.25, 0.3) is 0 Å². The Morgan fingerprint density at radius 3 is 2.42 bits per heavy atom. The lowest BCUT2D eigenvalue weighted by molar-refractivity contribution is -0.131. The van der Waals surface area contributed by atoms with E-state index in [0.717, 1.165) is 40.2 Å². The van der Waals surface area contributed by atoms with Crippen molar-refractivity contribution in [1.82, 2.24) is 15.8 Å². The number of aromatic hydroxyl groups is 1. The molecule has 5 rings (SSSR count). The van der Waals surface area contributed by atoms with Crippen LogP contribution in [0.4, 0.5) is 0 Å². The summed E-state index contributed by atoms with van der Waals surface area (Å²) < 4.78 is 11.4. The Morgan fingerprint density at radius 2 is 1.64 bits per heavy atom. The van der Waals surface area contributed by atoms with Crippen molar-refractivity contribution in [3.05, 3.63) is 89.0 Å². The summed E-state index contributed by atoms with van der Waals surface area (Å²) in [5.74, 6) is 1.64. The van der Waals surface area contributed by atoms with Crippen LogP contribution >= 0.6 is 0 Å². The average Bonchev–Trinajstić information content (AvgIpc) is 3.41. The number of benzene rings is 3. The van der Waals surface area contributed by atoms with Crippen LogP contribution in [-0.4, -0.2) is 42.2 Å². The molecular formula is C29H33N3O4. The van der Waals surface area contributed by atoms with Crippen molar-refractivity contribution in [3.63, 3.8) is 0 Å². The summed E-state index contributed by atoms with van der Waals surface area (Å²) in [6.45, 7) is 5.19.